The molecule has 13 heavy (non-hydrogen) atoms. The normalized spacial score (nSPS) is 26.3. The largest absolute Gasteiger partial charge is 0.385 e. The minimum atomic E-state index is 0.00801. The molecule has 1 heterocycles. The summed E-state index contributed by atoms with van der Waals surface area (Å²) < 4.78 is 5.53. The molecule has 0 spiro atoms. The van der Waals surface area contributed by atoms with Crippen LogP contribution in [-0.4, -0.2) is 49.6 Å². The first-order chi connectivity index (χ1) is 6.27. The smallest absolute Gasteiger partial charge is 0.127 e. The average molecular weight is 185 g/mol. The van der Waals surface area contributed by atoms with Crippen molar-refractivity contribution in [2.24, 2.45) is 10.7 Å². The number of hydrogen-bond acceptors (Lipinski definition) is 3. The Morgan fingerprint density at radius 1 is 1.62 bits per heavy atom. The van der Waals surface area contributed by atoms with E-state index in [4.69, 9.17) is 10.5 Å². The Morgan fingerprint density at radius 3 is 3.00 bits per heavy atom. The fraction of sp³-hybridized carbons (Fsp3) is 0.889. The predicted molar refractivity (Wildman–Crippen MR) is 54.0 cm³/mol. The molecule has 0 aromatic carbocycles. The maximum absolute atomic E-state index is 5.77. The lowest BCUT2D eigenvalue weighted by molar-refractivity contribution is 0.00813. The van der Waals surface area contributed by atoms with Gasteiger partial charge in [-0.2, -0.15) is 0 Å². The first-order valence-electron chi connectivity index (χ1n) is 4.91. The fourth-order valence-electron chi connectivity index (χ4n) is 1.45. The molecule has 2 N–H and O–H groups in total. The van der Waals surface area contributed by atoms with E-state index in [1.807, 2.05) is 6.92 Å². The first-order valence-corrected chi connectivity index (χ1v) is 4.91. The Morgan fingerprint density at radius 2 is 2.38 bits per heavy atom. The summed E-state index contributed by atoms with van der Waals surface area (Å²) in [4.78, 5) is 6.49. The minimum absolute atomic E-state index is 0.00801. The summed E-state index contributed by atoms with van der Waals surface area (Å²) in [5, 5.41) is 0. The maximum Gasteiger partial charge on any atom is 0.127 e. The summed E-state index contributed by atoms with van der Waals surface area (Å²) in [7, 11) is 0. The standard InChI is InChI=1S/C9H19N3O/c1-3-11-9(10)8-7-12(4-2)5-6-13-8/h8H,3-7H2,1-2H3,(H2,10,11). The van der Waals surface area contributed by atoms with Gasteiger partial charge in [-0.25, -0.2) is 0 Å². The van der Waals surface area contributed by atoms with Gasteiger partial charge in [-0.1, -0.05) is 6.92 Å². The van der Waals surface area contributed by atoms with Gasteiger partial charge in [-0.05, 0) is 13.5 Å². The van der Waals surface area contributed by atoms with Gasteiger partial charge in [0.05, 0.1) is 6.61 Å². The lowest BCUT2D eigenvalue weighted by atomic mass is 10.2. The van der Waals surface area contributed by atoms with Gasteiger partial charge >= 0.3 is 0 Å². The van der Waals surface area contributed by atoms with Crippen LogP contribution < -0.4 is 5.73 Å². The number of morpholine rings is 1. The van der Waals surface area contributed by atoms with Crippen LogP contribution in [0.2, 0.25) is 0 Å². The number of hydrogen-bond donors (Lipinski definition) is 1. The highest BCUT2D eigenvalue weighted by atomic mass is 16.5. The minimum Gasteiger partial charge on any atom is -0.385 e. The summed E-state index contributed by atoms with van der Waals surface area (Å²) in [5.41, 5.74) is 5.77. The van der Waals surface area contributed by atoms with Crippen LogP contribution in [0, 0.1) is 0 Å². The molecule has 0 saturated carbocycles. The summed E-state index contributed by atoms with van der Waals surface area (Å²) >= 11 is 0. The molecule has 4 nitrogen and oxygen atoms in total. The summed E-state index contributed by atoms with van der Waals surface area (Å²) in [6.07, 6.45) is 0.00801. The molecule has 0 radical (unpaired) electrons. The van der Waals surface area contributed by atoms with E-state index in [1.54, 1.807) is 0 Å². The van der Waals surface area contributed by atoms with Crippen LogP contribution in [0.3, 0.4) is 0 Å². The zero-order chi connectivity index (χ0) is 9.68. The second-order valence-corrected chi connectivity index (χ2v) is 3.15. The molecule has 1 aliphatic rings. The van der Waals surface area contributed by atoms with Crippen molar-refractivity contribution in [2.45, 2.75) is 20.0 Å². The van der Waals surface area contributed by atoms with Gasteiger partial charge in [0.25, 0.3) is 0 Å². The summed E-state index contributed by atoms with van der Waals surface area (Å²) in [6.45, 7) is 8.57. The average Bonchev–Trinajstić information content (AvgIpc) is 2.18. The van der Waals surface area contributed by atoms with E-state index >= 15 is 0 Å². The van der Waals surface area contributed by atoms with E-state index in [2.05, 4.69) is 16.8 Å². The Bertz CT molecular complexity index is 182. The Kier molecular flexibility index (Phi) is 4.18. The highest BCUT2D eigenvalue weighted by Gasteiger charge is 2.21. The molecule has 1 atom stereocenters. The van der Waals surface area contributed by atoms with Crippen molar-refractivity contribution in [3.05, 3.63) is 0 Å². The van der Waals surface area contributed by atoms with Crippen molar-refractivity contribution >= 4 is 5.84 Å². The molecule has 0 bridgehead atoms. The predicted octanol–water partition coefficient (Wildman–Crippen LogP) is 0.0842. The quantitative estimate of drug-likeness (QED) is 0.500. The van der Waals surface area contributed by atoms with Gasteiger partial charge in [0.15, 0.2) is 0 Å². The lowest BCUT2D eigenvalue weighted by Gasteiger charge is -2.31. The number of ether oxygens (including phenoxy) is 1. The topological polar surface area (TPSA) is 50.8 Å². The van der Waals surface area contributed by atoms with E-state index < -0.39 is 0 Å². The van der Waals surface area contributed by atoms with Crippen molar-refractivity contribution in [3.63, 3.8) is 0 Å². The summed E-state index contributed by atoms with van der Waals surface area (Å²) in [5.74, 6) is 0.639. The second kappa shape index (κ2) is 5.19. The van der Waals surface area contributed by atoms with Crippen molar-refractivity contribution in [1.29, 1.82) is 0 Å². The van der Waals surface area contributed by atoms with Crippen LogP contribution in [0.4, 0.5) is 0 Å². The number of nitrogens with zero attached hydrogens (tertiary/aromatic N) is 2. The molecule has 1 rings (SSSR count). The molecule has 0 aromatic heterocycles. The highest BCUT2D eigenvalue weighted by Crippen LogP contribution is 2.04. The Balaban J connectivity index is 2.46. The van der Waals surface area contributed by atoms with E-state index in [9.17, 15) is 0 Å². The van der Waals surface area contributed by atoms with Crippen LogP contribution in [0.1, 0.15) is 13.8 Å². The summed E-state index contributed by atoms with van der Waals surface area (Å²) in [6, 6.07) is 0. The zero-order valence-corrected chi connectivity index (χ0v) is 8.49. The molecule has 1 fully saturated rings. The van der Waals surface area contributed by atoms with E-state index in [1.165, 1.54) is 0 Å². The SMILES string of the molecule is CCN=C(N)C1CN(CC)CCO1. The van der Waals surface area contributed by atoms with Crippen LogP contribution in [-0.2, 0) is 4.74 Å². The van der Waals surface area contributed by atoms with E-state index in [0.717, 1.165) is 32.8 Å². The van der Waals surface area contributed by atoms with Gasteiger partial charge in [-0.3, -0.25) is 9.89 Å². The molecule has 1 aliphatic heterocycles. The molecule has 1 saturated heterocycles. The Labute approximate surface area is 79.8 Å². The second-order valence-electron chi connectivity index (χ2n) is 3.15. The zero-order valence-electron chi connectivity index (χ0n) is 8.49. The van der Waals surface area contributed by atoms with Crippen LogP contribution in [0.25, 0.3) is 0 Å². The molecule has 0 aromatic rings. The van der Waals surface area contributed by atoms with Gasteiger partial charge in [0, 0.05) is 19.6 Å². The number of rotatable bonds is 3. The maximum atomic E-state index is 5.77. The van der Waals surface area contributed by atoms with Crippen molar-refractivity contribution in [2.75, 3.05) is 32.8 Å². The third-order valence-corrected chi connectivity index (χ3v) is 2.27. The number of amidine groups is 1. The van der Waals surface area contributed by atoms with Crippen LogP contribution >= 0.6 is 0 Å². The Hall–Kier alpha value is -0.610. The molecule has 0 amide bonds. The molecular formula is C9H19N3O. The monoisotopic (exact) mass is 185 g/mol. The van der Waals surface area contributed by atoms with E-state index in [0.29, 0.717) is 5.84 Å². The third kappa shape index (κ3) is 2.97. The number of likely N-dealkylation sites (N-methyl/N-ethyl adjacent to an activating group) is 1. The number of nitrogens with two attached hydrogens (primary N) is 1. The number of aliphatic imine (C=N–C) groups is 1. The molecule has 76 valence electrons. The highest BCUT2D eigenvalue weighted by molar-refractivity contribution is 5.85. The third-order valence-electron chi connectivity index (χ3n) is 2.27. The lowest BCUT2D eigenvalue weighted by Crippen LogP contribution is -2.48. The van der Waals surface area contributed by atoms with Crippen molar-refractivity contribution in [1.82, 2.24) is 4.90 Å². The van der Waals surface area contributed by atoms with E-state index in [-0.39, 0.29) is 6.10 Å². The molecular weight excluding hydrogens is 166 g/mol. The van der Waals surface area contributed by atoms with Gasteiger partial charge in [-0.15, -0.1) is 0 Å². The fourth-order valence-corrected chi connectivity index (χ4v) is 1.45. The molecule has 1 unspecified atom stereocenters. The van der Waals surface area contributed by atoms with Crippen molar-refractivity contribution < 1.29 is 4.74 Å². The first kappa shape index (κ1) is 10.5. The molecule has 4 heteroatoms. The van der Waals surface area contributed by atoms with Gasteiger partial charge in [0.1, 0.15) is 11.9 Å². The van der Waals surface area contributed by atoms with Gasteiger partial charge < -0.3 is 10.5 Å². The van der Waals surface area contributed by atoms with Crippen molar-refractivity contribution in [3.8, 4) is 0 Å². The van der Waals surface area contributed by atoms with Gasteiger partial charge in [0.2, 0.25) is 0 Å². The van der Waals surface area contributed by atoms with Crippen LogP contribution in [0.15, 0.2) is 4.99 Å². The molecule has 0 aliphatic carbocycles. The van der Waals surface area contributed by atoms with Crippen LogP contribution in [0.5, 0.6) is 0 Å².